The van der Waals surface area contributed by atoms with Crippen molar-refractivity contribution >= 4 is 11.6 Å². The molecule has 2 N–H and O–H groups in total. The fraction of sp³-hybridized carbons (Fsp3) is 0.273. The smallest absolute Gasteiger partial charge is 0.289 e. The summed E-state index contributed by atoms with van der Waals surface area (Å²) >= 11 is 0. The maximum atomic E-state index is 13.1. The van der Waals surface area contributed by atoms with Crippen molar-refractivity contribution in [1.29, 1.82) is 0 Å². The number of piperidine rings is 1. The molecule has 2 aliphatic rings. The maximum absolute atomic E-state index is 13.1. The van der Waals surface area contributed by atoms with E-state index in [1.54, 1.807) is 41.3 Å². The number of fused-ring (bicyclic) bond motifs is 4. The molecule has 4 heterocycles. The van der Waals surface area contributed by atoms with Gasteiger partial charge in [-0.1, -0.05) is 18.2 Å². The zero-order chi connectivity index (χ0) is 20.8. The highest BCUT2D eigenvalue weighted by molar-refractivity contribution is 5.92. The van der Waals surface area contributed by atoms with E-state index in [2.05, 4.69) is 0 Å². The highest BCUT2D eigenvalue weighted by atomic mass is 16.8. The Morgan fingerprint density at radius 2 is 1.93 bits per heavy atom. The molecule has 5 rings (SSSR count). The number of carbonyl (C=O) groups excluding carboxylic acids is 1. The molecule has 0 aliphatic carbocycles. The predicted octanol–water partition coefficient (Wildman–Crippen LogP) is 1.77. The number of likely N-dealkylation sites (tertiary alicyclic amines) is 1. The van der Waals surface area contributed by atoms with E-state index in [0.717, 1.165) is 12.1 Å². The summed E-state index contributed by atoms with van der Waals surface area (Å²) < 4.78 is 7.63. The van der Waals surface area contributed by atoms with Gasteiger partial charge >= 0.3 is 0 Å². The van der Waals surface area contributed by atoms with Gasteiger partial charge < -0.3 is 19.1 Å². The summed E-state index contributed by atoms with van der Waals surface area (Å²) in [5, 5.41) is 19.4. The molecule has 0 radical (unpaired) electrons. The lowest BCUT2D eigenvalue weighted by atomic mass is 9.83. The summed E-state index contributed by atoms with van der Waals surface area (Å²) in [6, 6.07) is 15.1. The minimum Gasteiger partial charge on any atom is -0.595 e. The number of nitrogens with one attached hydrogen (secondary N) is 1. The molecule has 1 amide bonds. The monoisotopic (exact) mass is 407 g/mol. The molecule has 2 bridgehead atoms. The second kappa shape index (κ2) is 7.24. The molecule has 0 saturated carbocycles. The molecule has 30 heavy (non-hydrogen) atoms. The minimum absolute atomic E-state index is 0.0150. The largest absolute Gasteiger partial charge is 0.595 e. The first-order valence-corrected chi connectivity index (χ1v) is 9.92. The van der Waals surface area contributed by atoms with E-state index in [1.165, 1.54) is 12.1 Å². The van der Waals surface area contributed by atoms with E-state index in [-0.39, 0.29) is 34.7 Å². The molecule has 1 saturated heterocycles. The highest BCUT2D eigenvalue weighted by Crippen LogP contribution is 2.35. The van der Waals surface area contributed by atoms with Crippen LogP contribution < -0.4 is 10.8 Å². The second-order valence-electron chi connectivity index (χ2n) is 7.96. The Morgan fingerprint density at radius 3 is 2.77 bits per heavy atom. The number of carbonyl (C=O) groups is 1. The van der Waals surface area contributed by atoms with Crippen molar-refractivity contribution in [3.63, 3.8) is 0 Å². The van der Waals surface area contributed by atoms with Crippen LogP contribution in [-0.2, 0) is 6.54 Å². The fourth-order valence-corrected chi connectivity index (χ4v) is 4.63. The summed E-state index contributed by atoms with van der Waals surface area (Å²) in [7, 11) is 0. The first-order valence-electron chi connectivity index (χ1n) is 9.92. The Bertz CT molecular complexity index is 1170. The highest BCUT2D eigenvalue weighted by Gasteiger charge is 2.37. The van der Waals surface area contributed by atoms with Crippen molar-refractivity contribution in [3.05, 3.63) is 81.6 Å². The molecular weight excluding hydrogens is 386 g/mol. The van der Waals surface area contributed by atoms with E-state index in [9.17, 15) is 20.0 Å². The van der Waals surface area contributed by atoms with E-state index >= 15 is 0 Å². The quantitative estimate of drug-likeness (QED) is 0.644. The third-order valence-electron chi connectivity index (χ3n) is 5.98. The van der Waals surface area contributed by atoms with Gasteiger partial charge in [0.25, 0.3) is 11.5 Å². The molecule has 2 aliphatic heterocycles. The second-order valence-corrected chi connectivity index (χ2v) is 7.96. The topological polar surface area (TPSA) is 103 Å². The van der Waals surface area contributed by atoms with Crippen LogP contribution in [-0.4, -0.2) is 33.7 Å². The van der Waals surface area contributed by atoms with E-state index in [4.69, 9.17) is 4.42 Å². The summed E-state index contributed by atoms with van der Waals surface area (Å²) in [6.45, 7) is 1.75. The Balaban J connectivity index is 1.38. The standard InChI is InChI=1S/C22H21N3O5/c26-21-6-2-5-18-16-9-14(12-24(18)21)11-23(13-16)22(27)20-8-7-19(30-20)15-3-1-4-17(10-15)25(28)29/h1-8,10,14,16,25,28H,9,11-13H2/t14-,16-/m0/s1. The van der Waals surface area contributed by atoms with Crippen molar-refractivity contribution < 1.29 is 19.6 Å². The van der Waals surface area contributed by atoms with Gasteiger partial charge in [0.2, 0.25) is 0 Å². The Kier molecular flexibility index (Phi) is 4.54. The van der Waals surface area contributed by atoms with Gasteiger partial charge in [-0.05, 0) is 30.5 Å². The summed E-state index contributed by atoms with van der Waals surface area (Å²) in [5.41, 5.74) is 1.77. The van der Waals surface area contributed by atoms with Crippen LogP contribution in [0.1, 0.15) is 28.6 Å². The van der Waals surface area contributed by atoms with Crippen molar-refractivity contribution in [3.8, 4) is 11.3 Å². The number of furan rings is 1. The average molecular weight is 407 g/mol. The van der Waals surface area contributed by atoms with Crippen LogP contribution in [0.2, 0.25) is 0 Å². The van der Waals surface area contributed by atoms with E-state index in [1.807, 2.05) is 10.6 Å². The van der Waals surface area contributed by atoms with Gasteiger partial charge in [0.05, 0.1) is 0 Å². The lowest BCUT2D eigenvalue weighted by Crippen LogP contribution is -2.99. The van der Waals surface area contributed by atoms with Gasteiger partial charge in [-0.15, -0.1) is 0 Å². The average Bonchev–Trinajstić information content (AvgIpc) is 3.24. The van der Waals surface area contributed by atoms with Crippen molar-refractivity contribution in [2.24, 2.45) is 5.92 Å². The molecule has 8 nitrogen and oxygen atoms in total. The normalized spacial score (nSPS) is 21.2. The van der Waals surface area contributed by atoms with Crippen LogP contribution in [0.5, 0.6) is 0 Å². The van der Waals surface area contributed by atoms with Gasteiger partial charge in [0.1, 0.15) is 5.76 Å². The van der Waals surface area contributed by atoms with Crippen LogP contribution in [0.15, 0.2) is 63.8 Å². The summed E-state index contributed by atoms with van der Waals surface area (Å²) in [4.78, 5) is 27.1. The summed E-state index contributed by atoms with van der Waals surface area (Å²) in [6.07, 6.45) is 0.971. The number of rotatable bonds is 3. The number of amides is 1. The molecule has 3 atom stereocenters. The molecular formula is C22H21N3O5. The number of benzene rings is 1. The molecule has 3 aromatic rings. The number of quaternary nitrogens is 1. The Morgan fingerprint density at radius 1 is 1.10 bits per heavy atom. The van der Waals surface area contributed by atoms with Gasteiger partial charge in [0, 0.05) is 55.0 Å². The van der Waals surface area contributed by atoms with Crippen LogP contribution >= 0.6 is 0 Å². The van der Waals surface area contributed by atoms with Crippen molar-refractivity contribution in [1.82, 2.24) is 9.47 Å². The Labute approximate surface area is 172 Å². The van der Waals surface area contributed by atoms with Crippen molar-refractivity contribution in [2.75, 3.05) is 13.1 Å². The van der Waals surface area contributed by atoms with Crippen molar-refractivity contribution in [2.45, 2.75) is 18.9 Å². The first-order chi connectivity index (χ1) is 14.5. The number of hydrogen-bond donors (Lipinski definition) is 2. The minimum atomic E-state index is -1.01. The van der Waals surface area contributed by atoms with Crippen LogP contribution in [0, 0.1) is 11.1 Å². The zero-order valence-corrected chi connectivity index (χ0v) is 16.2. The maximum Gasteiger partial charge on any atom is 0.289 e. The number of nitrogens with zero attached hydrogens (tertiary/aromatic N) is 2. The van der Waals surface area contributed by atoms with Crippen LogP contribution in [0.3, 0.4) is 0 Å². The van der Waals surface area contributed by atoms with Gasteiger partial charge in [-0.25, -0.2) is 5.21 Å². The molecule has 1 unspecified atom stereocenters. The third-order valence-corrected chi connectivity index (χ3v) is 5.98. The number of hydrogen-bond acceptors (Lipinski definition) is 5. The van der Waals surface area contributed by atoms with Crippen LogP contribution in [0.4, 0.5) is 5.69 Å². The van der Waals surface area contributed by atoms with Gasteiger partial charge in [0.15, 0.2) is 11.4 Å². The third kappa shape index (κ3) is 3.24. The summed E-state index contributed by atoms with van der Waals surface area (Å²) in [5.74, 6) is 0.878. The molecule has 1 fully saturated rings. The molecule has 1 aromatic carbocycles. The number of aromatic nitrogens is 1. The van der Waals surface area contributed by atoms with Crippen LogP contribution in [0.25, 0.3) is 11.3 Å². The SMILES string of the molecule is O=C(c1ccc(-c2cccc([NH+]([O-])O)c2)o1)N1C[C@@H]2C[C@@H](C1)c1cccc(=O)n1C2. The Hall–Kier alpha value is -3.20. The molecule has 2 aromatic heterocycles. The lowest BCUT2D eigenvalue weighted by Gasteiger charge is -2.42. The number of pyridine rings is 1. The first kappa shape index (κ1) is 18.8. The molecule has 0 spiro atoms. The molecule has 8 heteroatoms. The lowest BCUT2D eigenvalue weighted by molar-refractivity contribution is -0.991. The van der Waals surface area contributed by atoms with E-state index < -0.39 is 5.23 Å². The zero-order valence-electron chi connectivity index (χ0n) is 16.2. The fourth-order valence-electron chi connectivity index (χ4n) is 4.63. The molecule has 154 valence electrons. The van der Waals surface area contributed by atoms with Gasteiger partial charge in [-0.2, -0.15) is 5.23 Å². The predicted molar refractivity (Wildman–Crippen MR) is 107 cm³/mol. The van der Waals surface area contributed by atoms with Gasteiger partial charge in [-0.3, -0.25) is 9.59 Å². The van der Waals surface area contributed by atoms with E-state index in [0.29, 0.717) is 31.0 Å².